The van der Waals surface area contributed by atoms with Crippen LogP contribution in [0.2, 0.25) is 0 Å². The predicted octanol–water partition coefficient (Wildman–Crippen LogP) is 2.18. The molecule has 2 heterocycles. The van der Waals surface area contributed by atoms with Crippen molar-refractivity contribution in [3.8, 4) is 0 Å². The monoisotopic (exact) mass is 224 g/mol. The number of likely N-dealkylation sites (tertiary alicyclic amines) is 1. The van der Waals surface area contributed by atoms with E-state index in [-0.39, 0.29) is 0 Å². The van der Waals surface area contributed by atoms with Crippen molar-refractivity contribution in [2.45, 2.75) is 32.7 Å². The maximum Gasteiger partial charge on any atom is 0.135 e. The third-order valence-electron chi connectivity index (χ3n) is 2.90. The molecule has 15 heavy (non-hydrogen) atoms. The molecule has 0 bridgehead atoms. The zero-order chi connectivity index (χ0) is 10.8. The highest BCUT2D eigenvalue weighted by Crippen LogP contribution is 2.25. The zero-order valence-corrected chi connectivity index (χ0v) is 10.0. The summed E-state index contributed by atoms with van der Waals surface area (Å²) in [4.78, 5) is 18.0. The fourth-order valence-electron chi connectivity index (χ4n) is 1.88. The van der Waals surface area contributed by atoms with Gasteiger partial charge in [-0.3, -0.25) is 9.69 Å². The predicted molar refractivity (Wildman–Crippen MR) is 61.1 cm³/mol. The molecule has 1 aliphatic heterocycles. The second-order valence-corrected chi connectivity index (χ2v) is 4.97. The van der Waals surface area contributed by atoms with Crippen molar-refractivity contribution >= 4 is 17.1 Å². The van der Waals surface area contributed by atoms with E-state index in [0.717, 1.165) is 18.8 Å². The normalized spacial score (nSPS) is 20.5. The summed E-state index contributed by atoms with van der Waals surface area (Å²) in [5.41, 5.74) is 1.09. The van der Waals surface area contributed by atoms with Crippen LogP contribution in [-0.2, 0) is 4.79 Å². The summed E-state index contributed by atoms with van der Waals surface area (Å²) in [6.45, 7) is 5.97. The van der Waals surface area contributed by atoms with E-state index in [1.165, 1.54) is 5.01 Å². The Bertz CT molecular complexity index is 351. The molecule has 1 aromatic rings. The number of ketones is 1. The van der Waals surface area contributed by atoms with Gasteiger partial charge in [-0.05, 0) is 13.8 Å². The zero-order valence-electron chi connectivity index (χ0n) is 9.19. The summed E-state index contributed by atoms with van der Waals surface area (Å²) >= 11 is 1.71. The molecule has 0 spiro atoms. The molecule has 0 radical (unpaired) electrons. The largest absolute Gasteiger partial charge is 0.300 e. The third kappa shape index (κ3) is 2.44. The molecule has 1 fully saturated rings. The number of carbonyl (C=O) groups excluding carboxylic acids is 1. The summed E-state index contributed by atoms with van der Waals surface area (Å²) in [6.07, 6.45) is 1.41. The van der Waals surface area contributed by atoms with Gasteiger partial charge in [0.1, 0.15) is 10.8 Å². The van der Waals surface area contributed by atoms with Gasteiger partial charge in [0, 0.05) is 37.0 Å². The van der Waals surface area contributed by atoms with E-state index in [0.29, 0.717) is 24.7 Å². The molecule has 1 unspecified atom stereocenters. The maximum absolute atomic E-state index is 11.1. The van der Waals surface area contributed by atoms with Crippen LogP contribution in [0, 0.1) is 6.92 Å². The molecular formula is C11H16N2OS. The van der Waals surface area contributed by atoms with Gasteiger partial charge in [0.15, 0.2) is 0 Å². The van der Waals surface area contributed by atoms with E-state index < -0.39 is 0 Å². The minimum atomic E-state index is 0.358. The first-order chi connectivity index (χ1) is 7.16. The van der Waals surface area contributed by atoms with Crippen molar-refractivity contribution in [3.63, 3.8) is 0 Å². The molecule has 0 aromatic carbocycles. The summed E-state index contributed by atoms with van der Waals surface area (Å²) in [5, 5.41) is 3.25. The highest BCUT2D eigenvalue weighted by atomic mass is 32.1. The Kier molecular flexibility index (Phi) is 3.17. The first-order valence-corrected chi connectivity index (χ1v) is 6.22. The lowest BCUT2D eigenvalue weighted by molar-refractivity contribution is -0.121. The van der Waals surface area contributed by atoms with Gasteiger partial charge in [-0.1, -0.05) is 0 Å². The maximum atomic E-state index is 11.1. The molecule has 3 nitrogen and oxygen atoms in total. The van der Waals surface area contributed by atoms with Gasteiger partial charge in [0.25, 0.3) is 0 Å². The number of piperidine rings is 1. The lowest BCUT2D eigenvalue weighted by Crippen LogP contribution is -2.35. The Hall–Kier alpha value is -0.740. The van der Waals surface area contributed by atoms with Crippen molar-refractivity contribution in [2.24, 2.45) is 0 Å². The molecule has 0 N–H and O–H groups in total. The first-order valence-electron chi connectivity index (χ1n) is 5.34. The second kappa shape index (κ2) is 4.41. The average molecular weight is 224 g/mol. The summed E-state index contributed by atoms with van der Waals surface area (Å²) in [6, 6.07) is 0.358. The lowest BCUT2D eigenvalue weighted by atomic mass is 10.1. The Morgan fingerprint density at radius 1 is 1.47 bits per heavy atom. The van der Waals surface area contributed by atoms with Gasteiger partial charge in [0.2, 0.25) is 0 Å². The molecule has 2 rings (SSSR count). The number of Topliss-reactive ketones (excluding diaryl/α,β-unsaturated/α-hetero) is 1. The average Bonchev–Trinajstić information content (AvgIpc) is 2.65. The number of aryl methyl sites for hydroxylation is 1. The van der Waals surface area contributed by atoms with Gasteiger partial charge < -0.3 is 0 Å². The fraction of sp³-hybridized carbons (Fsp3) is 0.636. The smallest absolute Gasteiger partial charge is 0.135 e. The molecule has 0 amide bonds. The second-order valence-electron chi connectivity index (χ2n) is 4.08. The lowest BCUT2D eigenvalue weighted by Gasteiger charge is -2.30. The van der Waals surface area contributed by atoms with Crippen LogP contribution in [0.5, 0.6) is 0 Å². The Morgan fingerprint density at radius 3 is 2.67 bits per heavy atom. The van der Waals surface area contributed by atoms with Crippen molar-refractivity contribution in [1.29, 1.82) is 0 Å². The molecule has 1 atom stereocenters. The Morgan fingerprint density at radius 2 is 2.13 bits per heavy atom. The summed E-state index contributed by atoms with van der Waals surface area (Å²) < 4.78 is 0. The number of thiazole rings is 1. The van der Waals surface area contributed by atoms with Gasteiger partial charge in [-0.2, -0.15) is 0 Å². The van der Waals surface area contributed by atoms with Gasteiger partial charge >= 0.3 is 0 Å². The number of aromatic nitrogens is 1. The summed E-state index contributed by atoms with van der Waals surface area (Å²) in [5.74, 6) is 0.397. The third-order valence-corrected chi connectivity index (χ3v) is 4.03. The van der Waals surface area contributed by atoms with E-state index in [1.54, 1.807) is 11.3 Å². The van der Waals surface area contributed by atoms with E-state index in [2.05, 4.69) is 22.2 Å². The standard InChI is InChI=1S/C11H16N2OS/c1-8-7-15-11(12-8)9(2)13-5-3-10(14)4-6-13/h7,9H,3-6H2,1-2H3. The van der Waals surface area contributed by atoms with Crippen molar-refractivity contribution in [1.82, 2.24) is 9.88 Å². The van der Waals surface area contributed by atoms with E-state index >= 15 is 0 Å². The van der Waals surface area contributed by atoms with Crippen LogP contribution >= 0.6 is 11.3 Å². The van der Waals surface area contributed by atoms with Crippen LogP contribution < -0.4 is 0 Å². The molecule has 4 heteroatoms. The Balaban J connectivity index is 2.02. The molecule has 0 aliphatic carbocycles. The van der Waals surface area contributed by atoms with Gasteiger partial charge in [0.05, 0.1) is 6.04 Å². The van der Waals surface area contributed by atoms with Crippen LogP contribution in [0.1, 0.15) is 36.5 Å². The first kappa shape index (κ1) is 10.8. The minimum Gasteiger partial charge on any atom is -0.300 e. The van der Waals surface area contributed by atoms with E-state index in [1.807, 2.05) is 6.92 Å². The van der Waals surface area contributed by atoms with E-state index in [9.17, 15) is 4.79 Å². The minimum absolute atomic E-state index is 0.358. The van der Waals surface area contributed by atoms with Crippen molar-refractivity contribution in [3.05, 3.63) is 16.1 Å². The molecule has 1 saturated heterocycles. The Labute approximate surface area is 94.1 Å². The van der Waals surface area contributed by atoms with Crippen LogP contribution in [0.25, 0.3) is 0 Å². The van der Waals surface area contributed by atoms with Crippen LogP contribution in [0.15, 0.2) is 5.38 Å². The molecule has 1 aliphatic rings. The number of hydrogen-bond acceptors (Lipinski definition) is 4. The highest BCUT2D eigenvalue weighted by molar-refractivity contribution is 7.09. The molecule has 1 aromatic heterocycles. The quantitative estimate of drug-likeness (QED) is 0.772. The number of hydrogen-bond donors (Lipinski definition) is 0. The van der Waals surface area contributed by atoms with Crippen LogP contribution in [-0.4, -0.2) is 28.8 Å². The highest BCUT2D eigenvalue weighted by Gasteiger charge is 2.23. The molecular weight excluding hydrogens is 208 g/mol. The topological polar surface area (TPSA) is 33.2 Å². The van der Waals surface area contributed by atoms with Gasteiger partial charge in [-0.15, -0.1) is 11.3 Å². The molecule has 82 valence electrons. The SMILES string of the molecule is Cc1csc(C(C)N2CCC(=O)CC2)n1. The van der Waals surface area contributed by atoms with Crippen molar-refractivity contribution in [2.75, 3.05) is 13.1 Å². The number of carbonyl (C=O) groups is 1. The van der Waals surface area contributed by atoms with Crippen molar-refractivity contribution < 1.29 is 4.79 Å². The number of rotatable bonds is 2. The fourth-order valence-corrected chi connectivity index (χ4v) is 2.77. The van der Waals surface area contributed by atoms with Crippen LogP contribution in [0.3, 0.4) is 0 Å². The molecule has 0 saturated carbocycles. The number of nitrogens with zero attached hydrogens (tertiary/aromatic N) is 2. The van der Waals surface area contributed by atoms with Gasteiger partial charge in [-0.25, -0.2) is 4.98 Å². The summed E-state index contributed by atoms with van der Waals surface area (Å²) in [7, 11) is 0. The van der Waals surface area contributed by atoms with E-state index in [4.69, 9.17) is 0 Å². The van der Waals surface area contributed by atoms with Crippen LogP contribution in [0.4, 0.5) is 0 Å².